The van der Waals surface area contributed by atoms with Gasteiger partial charge in [-0.05, 0) is 45.0 Å². The number of nitrogens with zero attached hydrogens (tertiary/aromatic N) is 2. The molecule has 0 fully saturated rings. The second-order valence-corrected chi connectivity index (χ2v) is 6.35. The summed E-state index contributed by atoms with van der Waals surface area (Å²) in [6.07, 6.45) is 0.134. The van der Waals surface area contributed by atoms with Crippen LogP contribution in [0.4, 0.5) is 0 Å². The zero-order valence-corrected chi connectivity index (χ0v) is 13.6. The van der Waals surface area contributed by atoms with Crippen LogP contribution in [0.3, 0.4) is 0 Å². The van der Waals surface area contributed by atoms with Crippen LogP contribution in [0.15, 0.2) is 24.3 Å². The van der Waals surface area contributed by atoms with Gasteiger partial charge in [-0.1, -0.05) is 11.6 Å². The number of amides is 1. The molecule has 0 radical (unpaired) electrons. The smallest absolute Gasteiger partial charge is 0.228 e. The third-order valence-corrected chi connectivity index (χ3v) is 2.85. The van der Waals surface area contributed by atoms with Crippen molar-refractivity contribution in [3.05, 3.63) is 40.9 Å². The molecule has 7 heteroatoms. The average molecular weight is 323 g/mol. The van der Waals surface area contributed by atoms with Crippen LogP contribution in [-0.4, -0.2) is 26.6 Å². The summed E-state index contributed by atoms with van der Waals surface area (Å²) in [5.74, 6) is 1.58. The molecule has 1 aromatic heterocycles. The lowest BCUT2D eigenvalue weighted by atomic mass is 10.1. The Morgan fingerprint density at radius 3 is 2.64 bits per heavy atom. The number of hydrogen-bond acceptors (Lipinski definition) is 4. The fourth-order valence-electron chi connectivity index (χ4n) is 1.77. The normalized spacial score (nSPS) is 11.3. The summed E-state index contributed by atoms with van der Waals surface area (Å²) in [7, 11) is 0. The summed E-state index contributed by atoms with van der Waals surface area (Å²) in [5.41, 5.74) is -0.270. The van der Waals surface area contributed by atoms with Crippen LogP contribution < -0.4 is 10.1 Å². The molecular formula is C15H19ClN4O2. The van der Waals surface area contributed by atoms with E-state index in [4.69, 9.17) is 16.3 Å². The summed E-state index contributed by atoms with van der Waals surface area (Å²) in [6, 6.07) is 7.05. The van der Waals surface area contributed by atoms with Crippen LogP contribution >= 0.6 is 11.6 Å². The largest absolute Gasteiger partial charge is 0.486 e. The first-order valence-electron chi connectivity index (χ1n) is 6.91. The highest BCUT2D eigenvalue weighted by atomic mass is 35.5. The van der Waals surface area contributed by atoms with Crippen molar-refractivity contribution in [1.29, 1.82) is 0 Å². The quantitative estimate of drug-likeness (QED) is 0.886. The van der Waals surface area contributed by atoms with Crippen LogP contribution in [0.2, 0.25) is 5.02 Å². The summed E-state index contributed by atoms with van der Waals surface area (Å²) in [4.78, 5) is 16.0. The second kappa shape index (κ2) is 6.79. The van der Waals surface area contributed by atoms with E-state index in [1.807, 2.05) is 20.8 Å². The topological polar surface area (TPSA) is 79.9 Å². The first kappa shape index (κ1) is 16.3. The summed E-state index contributed by atoms with van der Waals surface area (Å²) in [6.45, 7) is 6.02. The highest BCUT2D eigenvalue weighted by Gasteiger charge is 2.16. The van der Waals surface area contributed by atoms with Crippen molar-refractivity contribution in [3.63, 3.8) is 0 Å². The molecular weight excluding hydrogens is 304 g/mol. The molecule has 6 nitrogen and oxygen atoms in total. The Hall–Kier alpha value is -2.08. The summed E-state index contributed by atoms with van der Waals surface area (Å²) < 4.78 is 5.55. The molecule has 0 aliphatic carbocycles. The van der Waals surface area contributed by atoms with Crippen LogP contribution in [0.25, 0.3) is 0 Å². The van der Waals surface area contributed by atoms with Crippen LogP contribution in [-0.2, 0) is 17.8 Å². The maximum atomic E-state index is 11.8. The van der Waals surface area contributed by atoms with Gasteiger partial charge in [0, 0.05) is 10.6 Å². The Balaban J connectivity index is 1.86. The Morgan fingerprint density at radius 2 is 2.00 bits per heavy atom. The first-order valence-corrected chi connectivity index (χ1v) is 7.29. The predicted octanol–water partition coefficient (Wildman–Crippen LogP) is 2.49. The Kier molecular flexibility index (Phi) is 5.03. The first-order chi connectivity index (χ1) is 10.3. The van der Waals surface area contributed by atoms with Crippen molar-refractivity contribution < 1.29 is 9.53 Å². The molecule has 1 heterocycles. The zero-order valence-electron chi connectivity index (χ0n) is 12.8. The highest BCUT2D eigenvalue weighted by molar-refractivity contribution is 6.30. The Bertz CT molecular complexity index is 632. The van der Waals surface area contributed by atoms with Crippen molar-refractivity contribution >= 4 is 17.5 Å². The third kappa shape index (κ3) is 5.37. The van der Waals surface area contributed by atoms with Crippen molar-refractivity contribution in [3.8, 4) is 5.75 Å². The van der Waals surface area contributed by atoms with Gasteiger partial charge in [0.2, 0.25) is 5.91 Å². The van der Waals surface area contributed by atoms with Crippen LogP contribution in [0, 0.1) is 0 Å². The standard InChI is InChI=1S/C15H19ClN4O2/c1-15(2,3)18-14(21)8-12-17-13(20-19-12)9-22-11-6-4-10(16)5-7-11/h4-7H,8-9H2,1-3H3,(H,18,21)(H,17,19,20). The Labute approximate surface area is 134 Å². The van der Waals surface area contributed by atoms with E-state index in [9.17, 15) is 4.79 Å². The average Bonchev–Trinajstić information content (AvgIpc) is 2.83. The molecule has 1 amide bonds. The van der Waals surface area contributed by atoms with Crippen molar-refractivity contribution in [2.24, 2.45) is 0 Å². The van der Waals surface area contributed by atoms with Crippen molar-refractivity contribution in [2.75, 3.05) is 0 Å². The van der Waals surface area contributed by atoms with Crippen molar-refractivity contribution in [2.45, 2.75) is 39.3 Å². The van der Waals surface area contributed by atoms with Crippen LogP contribution in [0.5, 0.6) is 5.75 Å². The van der Waals surface area contributed by atoms with E-state index in [1.165, 1.54) is 0 Å². The van der Waals surface area contributed by atoms with Crippen LogP contribution in [0.1, 0.15) is 32.4 Å². The maximum Gasteiger partial charge on any atom is 0.228 e. The number of H-pyrrole nitrogens is 1. The SMILES string of the molecule is CC(C)(C)NC(=O)Cc1n[nH]c(COc2ccc(Cl)cc2)n1. The number of halogens is 1. The van der Waals surface area contributed by atoms with Gasteiger partial charge in [-0.25, -0.2) is 4.98 Å². The Morgan fingerprint density at radius 1 is 1.32 bits per heavy atom. The minimum Gasteiger partial charge on any atom is -0.486 e. The number of aromatic nitrogens is 3. The third-order valence-electron chi connectivity index (χ3n) is 2.60. The monoisotopic (exact) mass is 322 g/mol. The molecule has 0 unspecified atom stereocenters. The van der Waals surface area contributed by atoms with Gasteiger partial charge >= 0.3 is 0 Å². The van der Waals surface area contributed by atoms with Crippen molar-refractivity contribution in [1.82, 2.24) is 20.5 Å². The number of nitrogens with one attached hydrogen (secondary N) is 2. The van der Waals surface area contributed by atoms with Gasteiger partial charge in [-0.2, -0.15) is 5.10 Å². The molecule has 0 bridgehead atoms. The fraction of sp³-hybridized carbons (Fsp3) is 0.400. The lowest BCUT2D eigenvalue weighted by Gasteiger charge is -2.19. The van der Waals surface area contributed by atoms with E-state index in [0.29, 0.717) is 22.4 Å². The van der Waals surface area contributed by atoms with Gasteiger partial charge in [0.05, 0.1) is 6.42 Å². The van der Waals surface area contributed by atoms with E-state index in [2.05, 4.69) is 20.5 Å². The molecule has 0 spiro atoms. The summed E-state index contributed by atoms with van der Waals surface area (Å²) >= 11 is 5.80. The predicted molar refractivity (Wildman–Crippen MR) is 83.8 cm³/mol. The molecule has 0 aliphatic heterocycles. The maximum absolute atomic E-state index is 11.8. The van der Waals surface area contributed by atoms with E-state index in [-0.39, 0.29) is 24.5 Å². The number of benzene rings is 1. The molecule has 2 aromatic rings. The van der Waals surface area contributed by atoms with Gasteiger partial charge < -0.3 is 10.1 Å². The lowest BCUT2D eigenvalue weighted by Crippen LogP contribution is -2.41. The number of rotatable bonds is 5. The molecule has 2 rings (SSSR count). The lowest BCUT2D eigenvalue weighted by molar-refractivity contribution is -0.121. The molecule has 0 saturated carbocycles. The molecule has 0 aliphatic rings. The minimum atomic E-state index is -0.270. The van der Waals surface area contributed by atoms with Gasteiger partial charge in [-0.3, -0.25) is 9.89 Å². The number of ether oxygens (including phenoxy) is 1. The van der Waals surface area contributed by atoms with E-state index >= 15 is 0 Å². The molecule has 1 aromatic carbocycles. The second-order valence-electron chi connectivity index (χ2n) is 5.92. The van der Waals surface area contributed by atoms with E-state index in [1.54, 1.807) is 24.3 Å². The molecule has 22 heavy (non-hydrogen) atoms. The highest BCUT2D eigenvalue weighted by Crippen LogP contribution is 2.16. The minimum absolute atomic E-state index is 0.114. The summed E-state index contributed by atoms with van der Waals surface area (Å²) in [5, 5.41) is 10.3. The van der Waals surface area contributed by atoms with Gasteiger partial charge in [0.15, 0.2) is 11.6 Å². The molecule has 0 atom stereocenters. The molecule has 0 saturated heterocycles. The zero-order chi connectivity index (χ0) is 16.2. The molecule has 2 N–H and O–H groups in total. The fourth-order valence-corrected chi connectivity index (χ4v) is 1.89. The van der Waals surface area contributed by atoms with Gasteiger partial charge in [0.25, 0.3) is 0 Å². The van der Waals surface area contributed by atoms with Gasteiger partial charge in [-0.15, -0.1) is 0 Å². The van der Waals surface area contributed by atoms with E-state index < -0.39 is 0 Å². The molecule has 118 valence electrons. The van der Waals surface area contributed by atoms with Gasteiger partial charge in [0.1, 0.15) is 12.4 Å². The number of aromatic amines is 1. The number of hydrogen-bond donors (Lipinski definition) is 2. The number of carbonyl (C=O) groups excluding carboxylic acids is 1. The number of carbonyl (C=O) groups is 1. The van der Waals surface area contributed by atoms with E-state index in [0.717, 1.165) is 0 Å².